The first-order valence-electron chi connectivity index (χ1n) is 8.12. The highest BCUT2D eigenvalue weighted by atomic mass is 79.9. The minimum Gasteiger partial charge on any atom is -0.380 e. The molecule has 6 heteroatoms. The molecule has 1 atom stereocenters. The molecule has 26 heavy (non-hydrogen) atoms. The van der Waals surface area contributed by atoms with Gasteiger partial charge in [0.1, 0.15) is 6.04 Å². The van der Waals surface area contributed by atoms with Crippen molar-refractivity contribution in [3.05, 3.63) is 70.2 Å². The third-order valence-corrected chi connectivity index (χ3v) is 4.39. The van der Waals surface area contributed by atoms with Gasteiger partial charge in [0.2, 0.25) is 11.8 Å². The highest BCUT2D eigenvalue weighted by Crippen LogP contribution is 2.25. The predicted octanol–water partition coefficient (Wildman–Crippen LogP) is 3.75. The topological polar surface area (TPSA) is 67.4 Å². The number of methoxy groups -OCH3 is 1. The number of nitrogens with one attached hydrogen (secondary N) is 2. The predicted molar refractivity (Wildman–Crippen MR) is 107 cm³/mol. The maximum atomic E-state index is 12.4. The lowest BCUT2D eigenvalue weighted by Gasteiger charge is -2.16. The van der Waals surface area contributed by atoms with Crippen LogP contribution in [0, 0.1) is 0 Å². The van der Waals surface area contributed by atoms with Crippen LogP contribution in [0.5, 0.6) is 0 Å². The summed E-state index contributed by atoms with van der Waals surface area (Å²) in [7, 11) is 1.59. The highest BCUT2D eigenvalue weighted by molar-refractivity contribution is 9.10. The number of anilines is 1. The third kappa shape index (κ3) is 5.82. The number of hydrogen-bond donors (Lipinski definition) is 2. The number of carbonyl (C=O) groups is 2. The van der Waals surface area contributed by atoms with Gasteiger partial charge in [0.15, 0.2) is 0 Å². The quantitative estimate of drug-likeness (QED) is 0.675. The first-order valence-corrected chi connectivity index (χ1v) is 8.91. The number of hydrogen-bond acceptors (Lipinski definition) is 3. The fraction of sp³-hybridized carbons (Fsp3) is 0.200. The second-order valence-electron chi connectivity index (χ2n) is 5.66. The van der Waals surface area contributed by atoms with Gasteiger partial charge in [0.25, 0.3) is 0 Å². The van der Waals surface area contributed by atoms with Crippen LogP contribution >= 0.6 is 15.9 Å². The summed E-state index contributed by atoms with van der Waals surface area (Å²) in [6, 6.07) is 14.3. The molecule has 0 saturated heterocycles. The third-order valence-electron chi connectivity index (χ3n) is 3.64. The summed E-state index contributed by atoms with van der Waals surface area (Å²) in [5, 5.41) is 5.48. The molecular formula is C20H21BrN2O3. The maximum absolute atomic E-state index is 12.4. The van der Waals surface area contributed by atoms with Crippen molar-refractivity contribution in [1.82, 2.24) is 5.32 Å². The van der Waals surface area contributed by atoms with E-state index in [0.717, 1.165) is 15.6 Å². The highest BCUT2D eigenvalue weighted by Gasteiger charge is 2.16. The molecule has 2 amide bonds. The second kappa shape index (κ2) is 9.89. The Bertz CT molecular complexity index is 791. The van der Waals surface area contributed by atoms with Crippen LogP contribution < -0.4 is 10.6 Å². The number of benzene rings is 2. The number of halogens is 1. The molecule has 136 valence electrons. The molecule has 2 rings (SSSR count). The molecule has 0 aliphatic carbocycles. The van der Waals surface area contributed by atoms with Gasteiger partial charge in [-0.3, -0.25) is 9.59 Å². The van der Waals surface area contributed by atoms with Crippen LogP contribution in [0.3, 0.4) is 0 Å². The Kier molecular flexibility index (Phi) is 7.56. The molecule has 0 aliphatic rings. The lowest BCUT2D eigenvalue weighted by atomic mass is 10.1. The average Bonchev–Trinajstić information content (AvgIpc) is 2.63. The molecule has 0 radical (unpaired) electrons. The first kappa shape index (κ1) is 19.9. The van der Waals surface area contributed by atoms with Crippen molar-refractivity contribution < 1.29 is 14.3 Å². The Morgan fingerprint density at radius 2 is 1.88 bits per heavy atom. The molecule has 0 bridgehead atoms. The molecule has 0 heterocycles. The van der Waals surface area contributed by atoms with Crippen LogP contribution in [-0.2, 0) is 20.9 Å². The zero-order chi connectivity index (χ0) is 18.9. The van der Waals surface area contributed by atoms with Gasteiger partial charge in [-0.05, 0) is 30.7 Å². The van der Waals surface area contributed by atoms with Gasteiger partial charge in [0, 0.05) is 28.9 Å². The molecule has 0 spiro atoms. The van der Waals surface area contributed by atoms with Gasteiger partial charge in [-0.2, -0.15) is 0 Å². The molecule has 2 N–H and O–H groups in total. The lowest BCUT2D eigenvalue weighted by molar-refractivity contribution is -0.123. The lowest BCUT2D eigenvalue weighted by Crippen LogP contribution is -2.41. The van der Waals surface area contributed by atoms with Gasteiger partial charge in [-0.15, -0.1) is 0 Å². The summed E-state index contributed by atoms with van der Waals surface area (Å²) in [5.41, 5.74) is 2.40. The van der Waals surface area contributed by atoms with E-state index in [1.165, 1.54) is 6.08 Å². The van der Waals surface area contributed by atoms with Crippen molar-refractivity contribution >= 4 is 39.5 Å². The Morgan fingerprint density at radius 3 is 2.58 bits per heavy atom. The zero-order valence-electron chi connectivity index (χ0n) is 14.7. The van der Waals surface area contributed by atoms with Crippen LogP contribution in [0.1, 0.15) is 18.1 Å². The largest absolute Gasteiger partial charge is 0.380 e. The molecule has 2 aromatic carbocycles. The number of amides is 2. The Balaban J connectivity index is 1.96. The molecule has 5 nitrogen and oxygen atoms in total. The fourth-order valence-corrected chi connectivity index (χ4v) is 2.75. The Morgan fingerprint density at radius 1 is 1.15 bits per heavy atom. The van der Waals surface area contributed by atoms with Crippen molar-refractivity contribution in [2.75, 3.05) is 12.4 Å². The smallest absolute Gasteiger partial charge is 0.246 e. The fourth-order valence-electron chi connectivity index (χ4n) is 2.27. The van der Waals surface area contributed by atoms with Crippen LogP contribution in [-0.4, -0.2) is 25.0 Å². The summed E-state index contributed by atoms with van der Waals surface area (Å²) < 4.78 is 6.02. The monoisotopic (exact) mass is 416 g/mol. The molecule has 0 aromatic heterocycles. The van der Waals surface area contributed by atoms with E-state index in [-0.39, 0.29) is 11.8 Å². The summed E-state index contributed by atoms with van der Waals surface area (Å²) in [6.45, 7) is 2.00. The average molecular weight is 417 g/mol. The van der Waals surface area contributed by atoms with E-state index in [1.807, 2.05) is 42.5 Å². The molecule has 0 fully saturated rings. The minimum absolute atomic E-state index is 0.304. The Labute approximate surface area is 161 Å². The van der Waals surface area contributed by atoms with Gasteiger partial charge < -0.3 is 15.4 Å². The normalized spacial score (nSPS) is 12.0. The molecule has 1 unspecified atom stereocenters. The van der Waals surface area contributed by atoms with E-state index in [4.69, 9.17) is 4.74 Å². The van der Waals surface area contributed by atoms with Gasteiger partial charge in [-0.25, -0.2) is 0 Å². The van der Waals surface area contributed by atoms with Crippen LogP contribution in [0.25, 0.3) is 6.08 Å². The SMILES string of the molecule is COCc1c(Br)cccc1NC(=O)C(C)NC(=O)/C=C/c1ccccc1. The van der Waals surface area contributed by atoms with Crippen LogP contribution in [0.2, 0.25) is 0 Å². The molecule has 0 aliphatic heterocycles. The van der Waals surface area contributed by atoms with Gasteiger partial charge in [0.05, 0.1) is 6.61 Å². The van der Waals surface area contributed by atoms with Gasteiger partial charge in [-0.1, -0.05) is 52.3 Å². The standard InChI is InChI=1S/C20H21BrN2O3/c1-14(22-19(24)12-11-15-7-4-3-5-8-15)20(25)23-18-10-6-9-17(21)16(18)13-26-2/h3-12,14H,13H2,1-2H3,(H,22,24)(H,23,25)/b12-11+. The van der Waals surface area contributed by atoms with E-state index in [9.17, 15) is 9.59 Å². The van der Waals surface area contributed by atoms with Gasteiger partial charge >= 0.3 is 0 Å². The number of carbonyl (C=O) groups excluding carboxylic acids is 2. The van der Waals surface area contributed by atoms with Crippen LogP contribution in [0.4, 0.5) is 5.69 Å². The molecular weight excluding hydrogens is 396 g/mol. The Hall–Kier alpha value is -2.44. The zero-order valence-corrected chi connectivity index (χ0v) is 16.2. The number of ether oxygens (including phenoxy) is 1. The van der Waals surface area contributed by atoms with E-state index in [0.29, 0.717) is 12.3 Å². The summed E-state index contributed by atoms with van der Waals surface area (Å²) >= 11 is 3.45. The summed E-state index contributed by atoms with van der Waals surface area (Å²) in [6.07, 6.45) is 3.11. The van der Waals surface area contributed by atoms with Crippen LogP contribution in [0.15, 0.2) is 59.1 Å². The van der Waals surface area contributed by atoms with Crippen molar-refractivity contribution in [3.8, 4) is 0 Å². The van der Waals surface area contributed by atoms with Crippen molar-refractivity contribution in [2.24, 2.45) is 0 Å². The van der Waals surface area contributed by atoms with Crippen molar-refractivity contribution in [1.29, 1.82) is 0 Å². The number of rotatable bonds is 7. The van der Waals surface area contributed by atoms with E-state index in [2.05, 4.69) is 26.6 Å². The van der Waals surface area contributed by atoms with Crippen molar-refractivity contribution in [2.45, 2.75) is 19.6 Å². The van der Waals surface area contributed by atoms with E-state index >= 15 is 0 Å². The summed E-state index contributed by atoms with van der Waals surface area (Å²) in [5.74, 6) is -0.634. The minimum atomic E-state index is -0.683. The molecule has 0 saturated carbocycles. The van der Waals surface area contributed by atoms with E-state index < -0.39 is 6.04 Å². The molecule has 2 aromatic rings. The maximum Gasteiger partial charge on any atom is 0.246 e. The first-order chi connectivity index (χ1) is 12.5. The summed E-state index contributed by atoms with van der Waals surface area (Å²) in [4.78, 5) is 24.4. The van der Waals surface area contributed by atoms with Crippen molar-refractivity contribution in [3.63, 3.8) is 0 Å². The van der Waals surface area contributed by atoms with E-state index in [1.54, 1.807) is 26.2 Å². The second-order valence-corrected chi connectivity index (χ2v) is 6.52.